The van der Waals surface area contributed by atoms with Crippen LogP contribution >= 0.6 is 0 Å². The molecular weight excluding hydrogens is 460 g/mol. The van der Waals surface area contributed by atoms with Gasteiger partial charge in [-0.15, -0.1) is 0 Å². The maximum atomic E-state index is 12.3. The molecule has 8 heteroatoms. The number of furan rings is 1. The molecule has 1 unspecified atom stereocenters. The summed E-state index contributed by atoms with van der Waals surface area (Å²) in [4.78, 5) is 12.3. The standard InChI is InChI=1S/C28H28N2O6/c1-3-4-5-6-13-33-22-12-9-18(15-25(22)32-2)26-20-11-10-19(35-28(31)23-8-7-14-34-23)16-24(20)36-27(30)21(26)17-29/h7-12,14-16,26H,3-6,13,30H2,1-2H3. The molecular formula is C28H28N2O6. The summed E-state index contributed by atoms with van der Waals surface area (Å²) < 4.78 is 27.7. The summed E-state index contributed by atoms with van der Waals surface area (Å²) in [6.45, 7) is 2.77. The van der Waals surface area contributed by atoms with Crippen molar-refractivity contribution in [3.05, 3.63) is 83.1 Å². The second kappa shape index (κ2) is 11.4. The van der Waals surface area contributed by atoms with Crippen molar-refractivity contribution in [3.63, 3.8) is 0 Å². The molecule has 0 radical (unpaired) electrons. The fourth-order valence-electron chi connectivity index (χ4n) is 4.09. The number of carbonyl (C=O) groups excluding carboxylic acids is 1. The Balaban J connectivity index is 1.61. The van der Waals surface area contributed by atoms with Gasteiger partial charge in [0.2, 0.25) is 11.6 Å². The van der Waals surface area contributed by atoms with Crippen molar-refractivity contribution >= 4 is 5.97 Å². The van der Waals surface area contributed by atoms with Crippen molar-refractivity contribution in [1.29, 1.82) is 5.26 Å². The molecule has 1 atom stereocenters. The number of hydrogen-bond donors (Lipinski definition) is 1. The molecule has 0 bridgehead atoms. The molecule has 3 aromatic rings. The average Bonchev–Trinajstić information content (AvgIpc) is 3.43. The van der Waals surface area contributed by atoms with E-state index in [1.807, 2.05) is 18.2 Å². The zero-order valence-corrected chi connectivity index (χ0v) is 20.3. The predicted octanol–water partition coefficient (Wildman–Crippen LogP) is 5.68. The van der Waals surface area contributed by atoms with Crippen molar-refractivity contribution in [2.45, 2.75) is 38.5 Å². The molecule has 0 spiro atoms. The average molecular weight is 489 g/mol. The summed E-state index contributed by atoms with van der Waals surface area (Å²) in [6, 6.07) is 15.8. The molecule has 0 saturated carbocycles. The van der Waals surface area contributed by atoms with Gasteiger partial charge in [0.25, 0.3) is 0 Å². The van der Waals surface area contributed by atoms with Gasteiger partial charge in [0, 0.05) is 11.6 Å². The molecule has 1 aromatic heterocycles. The summed E-state index contributed by atoms with van der Waals surface area (Å²) in [7, 11) is 1.58. The van der Waals surface area contributed by atoms with Crippen molar-refractivity contribution in [1.82, 2.24) is 0 Å². The minimum Gasteiger partial charge on any atom is -0.493 e. The number of nitrogens with two attached hydrogens (primary N) is 1. The Morgan fingerprint density at radius 1 is 1.11 bits per heavy atom. The first-order valence-electron chi connectivity index (χ1n) is 11.8. The number of allylic oxidation sites excluding steroid dienone is 1. The third-order valence-electron chi connectivity index (χ3n) is 5.90. The summed E-state index contributed by atoms with van der Waals surface area (Å²) in [6.07, 6.45) is 5.82. The Bertz CT molecular complexity index is 1290. The lowest BCUT2D eigenvalue weighted by Crippen LogP contribution is -2.21. The summed E-state index contributed by atoms with van der Waals surface area (Å²) in [5, 5.41) is 9.86. The van der Waals surface area contributed by atoms with Gasteiger partial charge in [0.15, 0.2) is 11.5 Å². The van der Waals surface area contributed by atoms with Crippen molar-refractivity contribution < 1.29 is 28.2 Å². The third-order valence-corrected chi connectivity index (χ3v) is 5.90. The molecule has 36 heavy (non-hydrogen) atoms. The molecule has 186 valence electrons. The molecule has 2 N–H and O–H groups in total. The summed E-state index contributed by atoms with van der Waals surface area (Å²) in [5.74, 6) is 0.779. The van der Waals surface area contributed by atoms with E-state index in [4.69, 9.17) is 29.1 Å². The second-order valence-corrected chi connectivity index (χ2v) is 8.31. The molecule has 8 nitrogen and oxygen atoms in total. The Hall–Kier alpha value is -4.38. The van der Waals surface area contributed by atoms with E-state index in [1.54, 1.807) is 31.4 Å². The highest BCUT2D eigenvalue weighted by Crippen LogP contribution is 2.45. The molecule has 2 aromatic carbocycles. The van der Waals surface area contributed by atoms with Crippen molar-refractivity contribution in [2.75, 3.05) is 13.7 Å². The zero-order chi connectivity index (χ0) is 25.5. The number of fused-ring (bicyclic) bond motifs is 1. The molecule has 1 aliphatic rings. The first-order chi connectivity index (χ1) is 17.5. The van der Waals surface area contributed by atoms with Crippen LogP contribution in [0.2, 0.25) is 0 Å². The van der Waals surface area contributed by atoms with Crippen LogP contribution in [0.3, 0.4) is 0 Å². The molecule has 0 aliphatic carbocycles. The quantitative estimate of drug-likeness (QED) is 0.220. The molecule has 0 saturated heterocycles. The van der Waals surface area contributed by atoms with Crippen LogP contribution in [0, 0.1) is 11.3 Å². The van der Waals surface area contributed by atoms with E-state index in [-0.39, 0.29) is 23.0 Å². The molecule has 2 heterocycles. The van der Waals surface area contributed by atoms with E-state index in [0.717, 1.165) is 24.8 Å². The Morgan fingerprint density at radius 3 is 2.69 bits per heavy atom. The number of benzene rings is 2. The number of esters is 1. The third kappa shape index (κ3) is 5.31. The number of unbranched alkanes of at least 4 members (excludes halogenated alkanes) is 3. The number of carbonyl (C=O) groups is 1. The van der Waals surface area contributed by atoms with Crippen LogP contribution in [-0.2, 0) is 0 Å². The molecule has 0 amide bonds. The Kier molecular flexibility index (Phi) is 7.81. The van der Waals surface area contributed by atoms with Crippen LogP contribution < -0.4 is 24.7 Å². The number of nitriles is 1. The smallest absolute Gasteiger partial charge is 0.379 e. The molecule has 4 rings (SSSR count). The monoisotopic (exact) mass is 488 g/mol. The van der Waals surface area contributed by atoms with E-state index in [1.165, 1.54) is 18.8 Å². The highest BCUT2D eigenvalue weighted by Gasteiger charge is 2.32. The lowest BCUT2D eigenvalue weighted by atomic mass is 9.83. The van der Waals surface area contributed by atoms with E-state index in [2.05, 4.69) is 13.0 Å². The SMILES string of the molecule is CCCCCCOc1ccc(C2C(C#N)=C(N)Oc3cc(OC(=O)c4ccco4)ccc32)cc1OC. The van der Waals surface area contributed by atoms with Gasteiger partial charge in [-0.05, 0) is 42.3 Å². The topological polar surface area (TPSA) is 117 Å². The lowest BCUT2D eigenvalue weighted by Gasteiger charge is -2.27. The second-order valence-electron chi connectivity index (χ2n) is 8.31. The largest absolute Gasteiger partial charge is 0.493 e. The Morgan fingerprint density at radius 2 is 1.97 bits per heavy atom. The van der Waals surface area contributed by atoms with Gasteiger partial charge in [-0.2, -0.15) is 5.26 Å². The Labute approximate surface area is 209 Å². The number of rotatable bonds is 10. The fourth-order valence-corrected chi connectivity index (χ4v) is 4.09. The maximum absolute atomic E-state index is 12.3. The van der Waals surface area contributed by atoms with Gasteiger partial charge in [-0.25, -0.2) is 4.79 Å². The minimum atomic E-state index is -0.636. The van der Waals surface area contributed by atoms with Crippen LogP contribution in [0.5, 0.6) is 23.0 Å². The van der Waals surface area contributed by atoms with Crippen molar-refractivity contribution in [2.24, 2.45) is 5.73 Å². The number of nitrogens with zero attached hydrogens (tertiary/aromatic N) is 1. The van der Waals surface area contributed by atoms with E-state index < -0.39 is 11.9 Å². The number of ether oxygens (including phenoxy) is 4. The van der Waals surface area contributed by atoms with Gasteiger partial charge in [-0.3, -0.25) is 0 Å². The highest BCUT2D eigenvalue weighted by molar-refractivity contribution is 5.88. The molecule has 0 fully saturated rings. The minimum absolute atomic E-state index is 0.0141. The van der Waals surface area contributed by atoms with Crippen LogP contribution in [-0.4, -0.2) is 19.7 Å². The van der Waals surface area contributed by atoms with Gasteiger partial charge in [-0.1, -0.05) is 38.3 Å². The summed E-state index contributed by atoms with van der Waals surface area (Å²) >= 11 is 0. The maximum Gasteiger partial charge on any atom is 0.379 e. The number of hydrogen-bond acceptors (Lipinski definition) is 8. The van der Waals surface area contributed by atoms with Gasteiger partial charge in [0.1, 0.15) is 23.1 Å². The summed E-state index contributed by atoms with van der Waals surface area (Å²) in [5.41, 5.74) is 7.89. The molecule has 1 aliphatic heterocycles. The van der Waals surface area contributed by atoms with Crippen LogP contribution in [0.4, 0.5) is 0 Å². The number of methoxy groups -OCH3 is 1. The zero-order valence-electron chi connectivity index (χ0n) is 20.3. The fraction of sp³-hybridized carbons (Fsp3) is 0.286. The van der Waals surface area contributed by atoms with E-state index >= 15 is 0 Å². The van der Waals surface area contributed by atoms with Gasteiger partial charge < -0.3 is 29.1 Å². The van der Waals surface area contributed by atoms with E-state index in [0.29, 0.717) is 29.4 Å². The first-order valence-corrected chi connectivity index (χ1v) is 11.8. The van der Waals surface area contributed by atoms with Crippen LogP contribution in [0.1, 0.15) is 60.2 Å². The predicted molar refractivity (Wildman–Crippen MR) is 132 cm³/mol. The van der Waals surface area contributed by atoms with E-state index in [9.17, 15) is 10.1 Å². The van der Waals surface area contributed by atoms with Crippen LogP contribution in [0.15, 0.2) is 70.7 Å². The van der Waals surface area contributed by atoms with Gasteiger partial charge >= 0.3 is 5.97 Å². The lowest BCUT2D eigenvalue weighted by molar-refractivity contribution is 0.0701. The highest BCUT2D eigenvalue weighted by atomic mass is 16.5. The normalized spacial score (nSPS) is 14.4. The first kappa shape index (κ1) is 24.7. The van der Waals surface area contributed by atoms with Crippen LogP contribution in [0.25, 0.3) is 0 Å². The van der Waals surface area contributed by atoms with Gasteiger partial charge in [0.05, 0.1) is 25.9 Å². The van der Waals surface area contributed by atoms with Crippen molar-refractivity contribution in [3.8, 4) is 29.1 Å².